The summed E-state index contributed by atoms with van der Waals surface area (Å²) in [6.45, 7) is 0.632. The molecule has 2 heterocycles. The molecular formula is C21H18F3N5O3S. The van der Waals surface area contributed by atoms with Gasteiger partial charge in [-0.1, -0.05) is 17.8 Å². The average molecular weight is 477 g/mol. The molecule has 0 bridgehead atoms. The Hall–Kier alpha value is -3.54. The number of rotatable bonds is 6. The van der Waals surface area contributed by atoms with Gasteiger partial charge >= 0.3 is 12.2 Å². The highest BCUT2D eigenvalue weighted by molar-refractivity contribution is 7.99. The van der Waals surface area contributed by atoms with Crippen molar-refractivity contribution in [2.24, 2.45) is 0 Å². The van der Waals surface area contributed by atoms with E-state index in [4.69, 9.17) is 4.74 Å². The van der Waals surface area contributed by atoms with Crippen LogP contribution >= 0.6 is 11.8 Å². The quantitative estimate of drug-likeness (QED) is 0.546. The van der Waals surface area contributed by atoms with Gasteiger partial charge < -0.3 is 10.1 Å². The van der Waals surface area contributed by atoms with Crippen molar-refractivity contribution < 1.29 is 27.5 Å². The summed E-state index contributed by atoms with van der Waals surface area (Å²) in [7, 11) is 1.52. The van der Waals surface area contributed by atoms with Crippen LogP contribution < -0.4 is 10.1 Å². The van der Waals surface area contributed by atoms with Crippen molar-refractivity contribution in [3.8, 4) is 22.8 Å². The van der Waals surface area contributed by atoms with Crippen LogP contribution in [0.3, 0.4) is 0 Å². The normalized spacial score (nSPS) is 13.8. The highest BCUT2D eigenvalue weighted by Gasteiger charge is 2.31. The van der Waals surface area contributed by atoms with Gasteiger partial charge in [0.2, 0.25) is 5.91 Å². The second kappa shape index (κ2) is 9.14. The lowest BCUT2D eigenvalue weighted by Gasteiger charge is -2.14. The number of thioether (sulfide) groups is 1. The second-order valence-corrected chi connectivity index (χ2v) is 7.93. The van der Waals surface area contributed by atoms with E-state index in [0.717, 1.165) is 28.8 Å². The molecule has 4 rings (SSSR count). The number of ether oxygens (including phenoxy) is 1. The zero-order valence-corrected chi connectivity index (χ0v) is 18.1. The number of carbonyl (C=O) groups is 2. The van der Waals surface area contributed by atoms with Crippen molar-refractivity contribution >= 4 is 23.7 Å². The summed E-state index contributed by atoms with van der Waals surface area (Å²) in [5.74, 6) is 0.339. The standard InChI is InChI=1S/C21H18F3N5O3S/c1-32-16-7-5-13(6-8-16)18-26-27-20(33-12-17(30)28-10-9-25-19(28)31)29(18)15-4-2-3-14(11-15)21(22,23)24/h2-8,11H,9-10,12H2,1H3,(H,25,31). The number of benzene rings is 2. The molecule has 1 fully saturated rings. The van der Waals surface area contributed by atoms with Crippen molar-refractivity contribution in [2.45, 2.75) is 11.3 Å². The molecule has 1 aromatic heterocycles. The number of imide groups is 1. The van der Waals surface area contributed by atoms with Crippen LogP contribution in [0, 0.1) is 0 Å². The van der Waals surface area contributed by atoms with Crippen LogP contribution in [0.1, 0.15) is 5.56 Å². The number of urea groups is 1. The van der Waals surface area contributed by atoms with Crippen molar-refractivity contribution in [2.75, 3.05) is 26.0 Å². The molecule has 0 aliphatic carbocycles. The molecular weight excluding hydrogens is 459 g/mol. The Morgan fingerprint density at radius 3 is 2.58 bits per heavy atom. The molecule has 1 aliphatic heterocycles. The number of carbonyl (C=O) groups excluding carboxylic acids is 2. The molecule has 0 spiro atoms. The Kier molecular flexibility index (Phi) is 6.27. The molecule has 0 saturated carbocycles. The summed E-state index contributed by atoms with van der Waals surface area (Å²) >= 11 is 0.988. The third-order valence-corrected chi connectivity index (χ3v) is 5.81. The fourth-order valence-electron chi connectivity index (χ4n) is 3.26. The molecule has 12 heteroatoms. The first kappa shape index (κ1) is 22.6. The smallest absolute Gasteiger partial charge is 0.416 e. The van der Waals surface area contributed by atoms with Crippen molar-refractivity contribution in [1.29, 1.82) is 0 Å². The zero-order chi connectivity index (χ0) is 23.6. The van der Waals surface area contributed by atoms with E-state index in [1.807, 2.05) is 0 Å². The zero-order valence-electron chi connectivity index (χ0n) is 17.3. The lowest BCUT2D eigenvalue weighted by atomic mass is 10.1. The Morgan fingerprint density at radius 1 is 1.18 bits per heavy atom. The van der Waals surface area contributed by atoms with Gasteiger partial charge in [0.1, 0.15) is 5.75 Å². The van der Waals surface area contributed by atoms with Crippen LogP contribution in [-0.2, 0) is 11.0 Å². The molecule has 172 valence electrons. The maximum atomic E-state index is 13.3. The molecule has 1 N–H and O–H groups in total. The van der Waals surface area contributed by atoms with Gasteiger partial charge in [0, 0.05) is 18.7 Å². The highest BCUT2D eigenvalue weighted by atomic mass is 32.2. The molecule has 1 aliphatic rings. The monoisotopic (exact) mass is 477 g/mol. The Balaban J connectivity index is 1.71. The maximum absolute atomic E-state index is 13.3. The lowest BCUT2D eigenvalue weighted by molar-refractivity contribution is -0.137. The van der Waals surface area contributed by atoms with Gasteiger partial charge in [-0.05, 0) is 42.5 Å². The van der Waals surface area contributed by atoms with E-state index in [-0.39, 0.29) is 23.1 Å². The molecule has 3 amide bonds. The van der Waals surface area contributed by atoms with Crippen LogP contribution in [0.15, 0.2) is 53.7 Å². The van der Waals surface area contributed by atoms with Gasteiger partial charge in [0.05, 0.1) is 24.1 Å². The lowest BCUT2D eigenvalue weighted by Crippen LogP contribution is -2.35. The van der Waals surface area contributed by atoms with E-state index < -0.39 is 23.7 Å². The first-order valence-electron chi connectivity index (χ1n) is 9.76. The van der Waals surface area contributed by atoms with Crippen LogP contribution in [0.5, 0.6) is 5.75 Å². The largest absolute Gasteiger partial charge is 0.497 e. The van der Waals surface area contributed by atoms with E-state index in [2.05, 4.69) is 15.5 Å². The first-order chi connectivity index (χ1) is 15.8. The molecule has 33 heavy (non-hydrogen) atoms. The summed E-state index contributed by atoms with van der Waals surface area (Å²) in [5.41, 5.74) is -0.0394. The Bertz CT molecular complexity index is 1180. The van der Waals surface area contributed by atoms with Crippen molar-refractivity contribution in [3.05, 3.63) is 54.1 Å². The average Bonchev–Trinajstić information content (AvgIpc) is 3.43. The van der Waals surface area contributed by atoms with E-state index in [1.165, 1.54) is 23.8 Å². The number of nitrogens with one attached hydrogen (secondary N) is 1. The van der Waals surface area contributed by atoms with E-state index in [0.29, 0.717) is 23.7 Å². The number of aromatic nitrogens is 3. The number of halogens is 3. The number of nitrogens with zero attached hydrogens (tertiary/aromatic N) is 4. The highest BCUT2D eigenvalue weighted by Crippen LogP contribution is 2.33. The van der Waals surface area contributed by atoms with Gasteiger partial charge in [-0.25, -0.2) is 4.79 Å². The van der Waals surface area contributed by atoms with Crippen molar-refractivity contribution in [3.63, 3.8) is 0 Å². The van der Waals surface area contributed by atoms with Gasteiger partial charge in [-0.2, -0.15) is 13.2 Å². The van der Waals surface area contributed by atoms with Crippen LogP contribution in [0.2, 0.25) is 0 Å². The van der Waals surface area contributed by atoms with E-state index in [9.17, 15) is 22.8 Å². The molecule has 0 atom stereocenters. The molecule has 0 unspecified atom stereocenters. The van der Waals surface area contributed by atoms with Gasteiger partial charge in [-0.3, -0.25) is 14.3 Å². The van der Waals surface area contributed by atoms with Crippen molar-refractivity contribution in [1.82, 2.24) is 25.0 Å². The van der Waals surface area contributed by atoms with Crippen LogP contribution in [0.25, 0.3) is 17.1 Å². The maximum Gasteiger partial charge on any atom is 0.416 e. The summed E-state index contributed by atoms with van der Waals surface area (Å²) in [4.78, 5) is 25.2. The number of methoxy groups -OCH3 is 1. The SMILES string of the molecule is COc1ccc(-c2nnc(SCC(=O)N3CCNC3=O)n2-c2cccc(C(F)(F)F)c2)cc1. The molecule has 0 radical (unpaired) electrons. The summed E-state index contributed by atoms with van der Waals surface area (Å²) in [5, 5.41) is 11.0. The number of alkyl halides is 3. The van der Waals surface area contributed by atoms with Crippen LogP contribution in [-0.4, -0.2) is 57.6 Å². The summed E-state index contributed by atoms with van der Waals surface area (Å²) < 4.78 is 46.6. The van der Waals surface area contributed by atoms with Crippen LogP contribution in [0.4, 0.5) is 18.0 Å². The molecule has 3 aromatic rings. The predicted octanol–water partition coefficient (Wildman–Crippen LogP) is 3.61. The topological polar surface area (TPSA) is 89.4 Å². The Morgan fingerprint density at radius 2 is 1.94 bits per heavy atom. The third-order valence-electron chi connectivity index (χ3n) is 4.90. The minimum absolute atomic E-state index is 0.132. The van der Waals surface area contributed by atoms with Gasteiger partial charge in [0.15, 0.2) is 11.0 Å². The summed E-state index contributed by atoms with van der Waals surface area (Å²) in [6.07, 6.45) is -4.53. The second-order valence-electron chi connectivity index (χ2n) is 6.98. The third kappa shape index (κ3) is 4.80. The van der Waals surface area contributed by atoms with E-state index in [1.54, 1.807) is 24.3 Å². The number of amides is 3. The molecule has 2 aromatic carbocycles. The summed E-state index contributed by atoms with van der Waals surface area (Å²) in [6, 6.07) is 11.1. The number of hydrogen-bond acceptors (Lipinski definition) is 6. The van der Waals surface area contributed by atoms with E-state index >= 15 is 0 Å². The molecule has 1 saturated heterocycles. The fraction of sp³-hybridized carbons (Fsp3) is 0.238. The molecule has 8 nitrogen and oxygen atoms in total. The van der Waals surface area contributed by atoms with Gasteiger partial charge in [-0.15, -0.1) is 10.2 Å². The minimum Gasteiger partial charge on any atom is -0.497 e. The van der Waals surface area contributed by atoms with Gasteiger partial charge in [0.25, 0.3) is 0 Å². The Labute approximate surface area is 190 Å². The minimum atomic E-state index is -4.53. The fourth-order valence-corrected chi connectivity index (χ4v) is 4.09. The predicted molar refractivity (Wildman–Crippen MR) is 114 cm³/mol. The number of hydrogen-bond donors (Lipinski definition) is 1. The first-order valence-corrected chi connectivity index (χ1v) is 10.7.